The molecule has 20 heavy (non-hydrogen) atoms. The lowest BCUT2D eigenvalue weighted by Gasteiger charge is -2.14. The lowest BCUT2D eigenvalue weighted by Crippen LogP contribution is -2.24. The van der Waals surface area contributed by atoms with Crippen molar-refractivity contribution < 1.29 is 13.2 Å². The molecule has 0 aromatic carbocycles. The van der Waals surface area contributed by atoms with Crippen molar-refractivity contribution >= 4 is 0 Å². The molecule has 0 spiro atoms. The zero-order valence-electron chi connectivity index (χ0n) is 11.4. The van der Waals surface area contributed by atoms with Gasteiger partial charge < -0.3 is 10.2 Å². The first kappa shape index (κ1) is 15.3. The molecule has 0 unspecified atom stereocenters. The minimum Gasteiger partial charge on any atom is -0.311 e. The number of alkyl halides is 3. The van der Waals surface area contributed by atoms with Crippen LogP contribution >= 0.6 is 0 Å². The Balaban J connectivity index is 1.64. The molecule has 0 radical (unpaired) electrons. The standard InChI is InChI=1S/C14H20F3N3/c15-14(16,17)12-4-5-13(19-10-12)11-18-6-3-9-20-7-1-2-8-20/h4-5,10,18H,1-3,6-9,11H2. The Morgan fingerprint density at radius 3 is 2.55 bits per heavy atom. The van der Waals surface area contributed by atoms with E-state index >= 15 is 0 Å². The van der Waals surface area contributed by atoms with Gasteiger partial charge in [-0.3, -0.25) is 4.98 Å². The zero-order valence-corrected chi connectivity index (χ0v) is 11.4. The van der Waals surface area contributed by atoms with E-state index in [0.29, 0.717) is 12.2 Å². The van der Waals surface area contributed by atoms with Crippen LogP contribution in [0, 0.1) is 0 Å². The van der Waals surface area contributed by atoms with Gasteiger partial charge in [-0.05, 0) is 57.6 Å². The number of nitrogens with zero attached hydrogens (tertiary/aromatic N) is 2. The summed E-state index contributed by atoms with van der Waals surface area (Å²) in [7, 11) is 0. The van der Waals surface area contributed by atoms with Crippen LogP contribution in [-0.4, -0.2) is 36.1 Å². The maximum absolute atomic E-state index is 12.4. The first-order valence-corrected chi connectivity index (χ1v) is 7.01. The van der Waals surface area contributed by atoms with Crippen molar-refractivity contribution in [3.63, 3.8) is 0 Å². The number of aromatic nitrogens is 1. The molecule has 0 bridgehead atoms. The maximum atomic E-state index is 12.4. The average molecular weight is 287 g/mol. The SMILES string of the molecule is FC(F)(F)c1ccc(CNCCCN2CCCC2)nc1. The topological polar surface area (TPSA) is 28.2 Å². The first-order chi connectivity index (χ1) is 9.55. The van der Waals surface area contributed by atoms with E-state index < -0.39 is 11.7 Å². The van der Waals surface area contributed by atoms with Crippen LogP contribution in [-0.2, 0) is 12.7 Å². The van der Waals surface area contributed by atoms with Crippen molar-refractivity contribution in [1.29, 1.82) is 0 Å². The Morgan fingerprint density at radius 2 is 1.95 bits per heavy atom. The Kier molecular flexibility index (Phi) is 5.37. The van der Waals surface area contributed by atoms with Crippen molar-refractivity contribution in [2.24, 2.45) is 0 Å². The van der Waals surface area contributed by atoms with Gasteiger partial charge in [-0.15, -0.1) is 0 Å². The van der Waals surface area contributed by atoms with Crippen LogP contribution in [0.1, 0.15) is 30.5 Å². The number of likely N-dealkylation sites (tertiary alicyclic amines) is 1. The third-order valence-electron chi connectivity index (χ3n) is 3.48. The molecule has 0 atom stereocenters. The van der Waals surface area contributed by atoms with E-state index in [9.17, 15) is 13.2 Å². The van der Waals surface area contributed by atoms with E-state index in [1.54, 1.807) is 0 Å². The van der Waals surface area contributed by atoms with Crippen molar-refractivity contribution in [3.8, 4) is 0 Å². The van der Waals surface area contributed by atoms with E-state index in [-0.39, 0.29) is 0 Å². The lowest BCUT2D eigenvalue weighted by atomic mass is 10.2. The van der Waals surface area contributed by atoms with E-state index in [1.807, 2.05) is 0 Å². The monoisotopic (exact) mass is 287 g/mol. The highest BCUT2D eigenvalue weighted by Crippen LogP contribution is 2.28. The number of nitrogens with one attached hydrogen (secondary N) is 1. The summed E-state index contributed by atoms with van der Waals surface area (Å²) in [5, 5.41) is 3.21. The van der Waals surface area contributed by atoms with Crippen molar-refractivity contribution in [2.75, 3.05) is 26.2 Å². The summed E-state index contributed by atoms with van der Waals surface area (Å²) < 4.78 is 37.1. The van der Waals surface area contributed by atoms with Crippen LogP contribution < -0.4 is 5.32 Å². The van der Waals surface area contributed by atoms with Gasteiger partial charge in [-0.1, -0.05) is 0 Å². The van der Waals surface area contributed by atoms with Gasteiger partial charge in [-0.2, -0.15) is 13.2 Å². The van der Waals surface area contributed by atoms with Gasteiger partial charge in [0.1, 0.15) is 0 Å². The van der Waals surface area contributed by atoms with Gasteiger partial charge in [0.2, 0.25) is 0 Å². The predicted molar refractivity (Wildman–Crippen MR) is 71.2 cm³/mol. The third-order valence-corrected chi connectivity index (χ3v) is 3.48. The van der Waals surface area contributed by atoms with E-state index in [1.165, 1.54) is 32.0 Å². The molecule has 1 aliphatic heterocycles. The van der Waals surface area contributed by atoms with Gasteiger partial charge in [0, 0.05) is 12.7 Å². The fourth-order valence-electron chi connectivity index (χ4n) is 2.35. The van der Waals surface area contributed by atoms with Gasteiger partial charge in [0.05, 0.1) is 11.3 Å². The number of halogens is 3. The lowest BCUT2D eigenvalue weighted by molar-refractivity contribution is -0.137. The summed E-state index contributed by atoms with van der Waals surface area (Å²) in [6.45, 7) is 4.85. The molecule has 2 rings (SSSR count). The summed E-state index contributed by atoms with van der Waals surface area (Å²) in [4.78, 5) is 6.27. The number of pyridine rings is 1. The molecule has 6 heteroatoms. The predicted octanol–water partition coefficient (Wildman–Crippen LogP) is 2.68. The molecule has 3 nitrogen and oxygen atoms in total. The average Bonchev–Trinajstić information content (AvgIpc) is 2.91. The van der Waals surface area contributed by atoms with E-state index in [0.717, 1.165) is 31.8 Å². The quantitative estimate of drug-likeness (QED) is 0.815. The fraction of sp³-hybridized carbons (Fsp3) is 0.643. The molecule has 0 amide bonds. The van der Waals surface area contributed by atoms with Gasteiger partial charge >= 0.3 is 6.18 Å². The summed E-state index contributed by atoms with van der Waals surface area (Å²) in [5.41, 5.74) is -0.0607. The van der Waals surface area contributed by atoms with Gasteiger partial charge in [0.25, 0.3) is 0 Å². The Bertz CT molecular complexity index is 397. The molecular formula is C14H20F3N3. The number of rotatable bonds is 6. The van der Waals surface area contributed by atoms with Gasteiger partial charge in [0.15, 0.2) is 0 Å². The van der Waals surface area contributed by atoms with Crippen molar-refractivity contribution in [1.82, 2.24) is 15.2 Å². The number of hydrogen-bond acceptors (Lipinski definition) is 3. The minimum atomic E-state index is -4.31. The number of hydrogen-bond donors (Lipinski definition) is 1. The van der Waals surface area contributed by atoms with Crippen LogP contribution in [0.25, 0.3) is 0 Å². The molecule has 0 aliphatic carbocycles. The van der Waals surface area contributed by atoms with Crippen molar-refractivity contribution in [2.45, 2.75) is 32.0 Å². The molecule has 112 valence electrons. The highest BCUT2D eigenvalue weighted by atomic mass is 19.4. The van der Waals surface area contributed by atoms with Crippen molar-refractivity contribution in [3.05, 3.63) is 29.6 Å². The van der Waals surface area contributed by atoms with Crippen LogP contribution in [0.2, 0.25) is 0 Å². The smallest absolute Gasteiger partial charge is 0.311 e. The highest BCUT2D eigenvalue weighted by Gasteiger charge is 2.30. The summed E-state index contributed by atoms with van der Waals surface area (Å²) in [6.07, 6.45) is 0.225. The summed E-state index contributed by atoms with van der Waals surface area (Å²) in [6, 6.07) is 2.50. The fourth-order valence-corrected chi connectivity index (χ4v) is 2.35. The maximum Gasteiger partial charge on any atom is 0.417 e. The van der Waals surface area contributed by atoms with Crippen LogP contribution in [0.4, 0.5) is 13.2 Å². The molecule has 1 fully saturated rings. The highest BCUT2D eigenvalue weighted by molar-refractivity contribution is 5.16. The van der Waals surface area contributed by atoms with E-state index in [4.69, 9.17) is 0 Å². The normalized spacial score (nSPS) is 16.8. The molecule has 2 heterocycles. The second-order valence-electron chi connectivity index (χ2n) is 5.12. The molecule has 1 aliphatic rings. The molecular weight excluding hydrogens is 267 g/mol. The molecule has 0 saturated carbocycles. The molecule has 1 N–H and O–H groups in total. The Hall–Kier alpha value is -1.14. The van der Waals surface area contributed by atoms with E-state index in [2.05, 4.69) is 15.2 Å². The second-order valence-corrected chi connectivity index (χ2v) is 5.12. The summed E-state index contributed by atoms with van der Waals surface area (Å²) in [5.74, 6) is 0. The Labute approximate surface area is 117 Å². The van der Waals surface area contributed by atoms with Crippen LogP contribution in [0.15, 0.2) is 18.3 Å². The molecule has 1 saturated heterocycles. The molecule has 1 aromatic rings. The van der Waals surface area contributed by atoms with Gasteiger partial charge in [-0.25, -0.2) is 0 Å². The Morgan fingerprint density at radius 1 is 1.20 bits per heavy atom. The zero-order chi connectivity index (χ0) is 14.4. The van der Waals surface area contributed by atoms with Crippen LogP contribution in [0.3, 0.4) is 0 Å². The largest absolute Gasteiger partial charge is 0.417 e. The third kappa shape index (κ3) is 4.76. The van der Waals surface area contributed by atoms with Crippen LogP contribution in [0.5, 0.6) is 0 Å². The molecule has 1 aromatic heterocycles. The first-order valence-electron chi connectivity index (χ1n) is 7.01. The summed E-state index contributed by atoms with van der Waals surface area (Å²) >= 11 is 0. The minimum absolute atomic E-state index is 0.512. The second kappa shape index (κ2) is 7.04.